The molecule has 0 fully saturated rings. The van der Waals surface area contributed by atoms with Crippen molar-refractivity contribution in [2.75, 3.05) is 13.2 Å². The van der Waals surface area contributed by atoms with Crippen molar-refractivity contribution in [3.63, 3.8) is 0 Å². The molecule has 4 heteroatoms. The number of rotatable bonds is 7. The number of nitrogens with one attached hydrogen (secondary N) is 1. The van der Waals surface area contributed by atoms with E-state index in [1.807, 2.05) is 27.7 Å². The highest BCUT2D eigenvalue weighted by molar-refractivity contribution is 5.78. The van der Waals surface area contributed by atoms with E-state index in [-0.39, 0.29) is 5.60 Å². The van der Waals surface area contributed by atoms with E-state index in [2.05, 4.69) is 5.32 Å². The topological polar surface area (TPSA) is 58.6 Å². The number of ether oxygens (including phenoxy) is 1. The van der Waals surface area contributed by atoms with E-state index in [9.17, 15) is 9.90 Å². The third-order valence-electron chi connectivity index (χ3n) is 2.37. The molecule has 0 heterocycles. The second-order valence-corrected chi connectivity index (χ2v) is 5.27. The molecule has 0 aromatic rings. The molecule has 0 aliphatic rings. The predicted molar refractivity (Wildman–Crippen MR) is 64.7 cm³/mol. The van der Waals surface area contributed by atoms with E-state index < -0.39 is 11.5 Å². The first-order chi connectivity index (χ1) is 7.21. The second-order valence-electron chi connectivity index (χ2n) is 5.27. The van der Waals surface area contributed by atoms with E-state index in [0.717, 1.165) is 6.42 Å². The van der Waals surface area contributed by atoms with Crippen molar-refractivity contribution >= 4 is 5.97 Å². The van der Waals surface area contributed by atoms with Crippen molar-refractivity contribution < 1.29 is 14.6 Å². The highest BCUT2D eigenvalue weighted by atomic mass is 16.5. The largest absolute Gasteiger partial charge is 0.480 e. The van der Waals surface area contributed by atoms with Gasteiger partial charge in [0.1, 0.15) is 5.54 Å². The fourth-order valence-corrected chi connectivity index (χ4v) is 1.23. The van der Waals surface area contributed by atoms with Gasteiger partial charge in [0.2, 0.25) is 0 Å². The number of carboxylic acids is 1. The molecule has 4 nitrogen and oxygen atoms in total. The molecule has 0 amide bonds. The second kappa shape index (κ2) is 6.21. The highest BCUT2D eigenvalue weighted by Gasteiger charge is 2.32. The van der Waals surface area contributed by atoms with Crippen LogP contribution in [0.5, 0.6) is 0 Å². The molecule has 0 saturated carbocycles. The van der Waals surface area contributed by atoms with E-state index in [1.165, 1.54) is 0 Å². The molecule has 0 saturated heterocycles. The quantitative estimate of drug-likeness (QED) is 0.704. The van der Waals surface area contributed by atoms with Gasteiger partial charge >= 0.3 is 5.97 Å². The van der Waals surface area contributed by atoms with Gasteiger partial charge in [-0.2, -0.15) is 0 Å². The fourth-order valence-electron chi connectivity index (χ4n) is 1.23. The lowest BCUT2D eigenvalue weighted by Crippen LogP contribution is -2.50. The zero-order valence-electron chi connectivity index (χ0n) is 11.1. The van der Waals surface area contributed by atoms with Crippen molar-refractivity contribution in [2.24, 2.45) is 0 Å². The molecule has 1 atom stereocenters. The lowest BCUT2D eigenvalue weighted by Gasteiger charge is -2.28. The summed E-state index contributed by atoms with van der Waals surface area (Å²) < 4.78 is 5.55. The minimum Gasteiger partial charge on any atom is -0.480 e. The molecular formula is C12H25NO3. The molecule has 1 unspecified atom stereocenters. The average molecular weight is 231 g/mol. The first-order valence-corrected chi connectivity index (χ1v) is 5.83. The van der Waals surface area contributed by atoms with Crippen LogP contribution in [0, 0.1) is 0 Å². The normalized spacial score (nSPS) is 15.8. The Balaban J connectivity index is 4.18. The van der Waals surface area contributed by atoms with E-state index >= 15 is 0 Å². The predicted octanol–water partition coefficient (Wildman–Crippen LogP) is 2.03. The lowest BCUT2D eigenvalue weighted by atomic mass is 9.98. The maximum Gasteiger partial charge on any atom is 0.323 e. The minimum atomic E-state index is -0.888. The summed E-state index contributed by atoms with van der Waals surface area (Å²) in [4.78, 5) is 11.2. The fraction of sp³-hybridized carbons (Fsp3) is 0.917. The van der Waals surface area contributed by atoms with Gasteiger partial charge < -0.3 is 15.2 Å². The van der Waals surface area contributed by atoms with Gasteiger partial charge in [-0.1, -0.05) is 6.92 Å². The Morgan fingerprint density at radius 2 is 1.88 bits per heavy atom. The number of hydrogen-bond donors (Lipinski definition) is 2. The van der Waals surface area contributed by atoms with Crippen LogP contribution in [0.1, 0.15) is 47.5 Å². The SMILES string of the molecule is CCCNC(C)(CCOC(C)(C)C)C(=O)O. The number of aliphatic carboxylic acids is 1. The van der Waals surface area contributed by atoms with Crippen molar-refractivity contribution in [3.8, 4) is 0 Å². The number of carboxylic acid groups (broad SMARTS) is 1. The maximum absolute atomic E-state index is 11.2. The van der Waals surface area contributed by atoms with Crippen molar-refractivity contribution in [2.45, 2.75) is 58.6 Å². The molecule has 0 aliphatic carbocycles. The Bertz CT molecular complexity index is 223. The third kappa shape index (κ3) is 6.08. The molecule has 2 N–H and O–H groups in total. The van der Waals surface area contributed by atoms with Crippen molar-refractivity contribution in [1.29, 1.82) is 0 Å². The van der Waals surface area contributed by atoms with Crippen LogP contribution < -0.4 is 5.32 Å². The van der Waals surface area contributed by atoms with Crippen LogP contribution in [0.2, 0.25) is 0 Å². The van der Waals surface area contributed by atoms with E-state index in [4.69, 9.17) is 4.74 Å². The summed E-state index contributed by atoms with van der Waals surface area (Å²) >= 11 is 0. The van der Waals surface area contributed by atoms with Crippen LogP contribution in [0.4, 0.5) is 0 Å². The standard InChI is InChI=1S/C12H25NO3/c1-6-8-13-12(5,10(14)15)7-9-16-11(2,3)4/h13H,6-9H2,1-5H3,(H,14,15). The lowest BCUT2D eigenvalue weighted by molar-refractivity contribution is -0.145. The maximum atomic E-state index is 11.2. The molecule has 16 heavy (non-hydrogen) atoms. The van der Waals surface area contributed by atoms with E-state index in [1.54, 1.807) is 6.92 Å². The summed E-state index contributed by atoms with van der Waals surface area (Å²) in [6.45, 7) is 10.8. The molecule has 0 spiro atoms. The van der Waals surface area contributed by atoms with Gasteiger partial charge in [-0.25, -0.2) is 0 Å². The number of hydrogen-bond acceptors (Lipinski definition) is 3. The highest BCUT2D eigenvalue weighted by Crippen LogP contribution is 2.14. The molecule has 0 aliphatic heterocycles. The summed E-state index contributed by atoms with van der Waals surface area (Å²) in [6.07, 6.45) is 1.39. The van der Waals surface area contributed by atoms with Gasteiger partial charge in [0.25, 0.3) is 0 Å². The van der Waals surface area contributed by atoms with Crippen molar-refractivity contribution in [3.05, 3.63) is 0 Å². The Hall–Kier alpha value is -0.610. The first kappa shape index (κ1) is 15.4. The molecule has 0 rings (SSSR count). The summed E-state index contributed by atoms with van der Waals surface area (Å²) in [7, 11) is 0. The summed E-state index contributed by atoms with van der Waals surface area (Å²) in [6, 6.07) is 0. The summed E-state index contributed by atoms with van der Waals surface area (Å²) in [5.41, 5.74) is -1.11. The van der Waals surface area contributed by atoms with Gasteiger partial charge in [-0.3, -0.25) is 4.79 Å². The Morgan fingerprint density at radius 3 is 2.25 bits per heavy atom. The molecule has 0 aromatic carbocycles. The molecule has 0 aromatic heterocycles. The van der Waals surface area contributed by atoms with Gasteiger partial charge in [0.15, 0.2) is 0 Å². The zero-order valence-corrected chi connectivity index (χ0v) is 11.1. The van der Waals surface area contributed by atoms with Gasteiger partial charge in [-0.05, 0) is 47.1 Å². The van der Waals surface area contributed by atoms with Crippen molar-refractivity contribution in [1.82, 2.24) is 5.32 Å². The monoisotopic (exact) mass is 231 g/mol. The van der Waals surface area contributed by atoms with Crippen LogP contribution in [-0.4, -0.2) is 35.4 Å². The van der Waals surface area contributed by atoms with Gasteiger partial charge in [0.05, 0.1) is 5.60 Å². The van der Waals surface area contributed by atoms with Crippen LogP contribution in [0.15, 0.2) is 0 Å². The van der Waals surface area contributed by atoms with Crippen LogP contribution in [-0.2, 0) is 9.53 Å². The van der Waals surface area contributed by atoms with Crippen LogP contribution in [0.25, 0.3) is 0 Å². The number of carbonyl (C=O) groups is 1. The van der Waals surface area contributed by atoms with Gasteiger partial charge in [-0.15, -0.1) is 0 Å². The Kier molecular flexibility index (Phi) is 5.97. The molecule has 0 radical (unpaired) electrons. The molecule has 96 valence electrons. The zero-order chi connectivity index (χ0) is 12.8. The molecule has 0 bridgehead atoms. The Morgan fingerprint density at radius 1 is 1.31 bits per heavy atom. The summed E-state index contributed by atoms with van der Waals surface area (Å²) in [5, 5.41) is 12.2. The van der Waals surface area contributed by atoms with Gasteiger partial charge in [0, 0.05) is 6.61 Å². The Labute approximate surface area is 98.4 Å². The minimum absolute atomic E-state index is 0.218. The third-order valence-corrected chi connectivity index (χ3v) is 2.37. The van der Waals surface area contributed by atoms with E-state index in [0.29, 0.717) is 19.6 Å². The average Bonchev–Trinajstić information content (AvgIpc) is 2.12. The smallest absolute Gasteiger partial charge is 0.323 e. The van der Waals surface area contributed by atoms with Crippen LogP contribution >= 0.6 is 0 Å². The first-order valence-electron chi connectivity index (χ1n) is 5.83. The summed E-state index contributed by atoms with van der Waals surface area (Å²) in [5.74, 6) is -0.821. The molecular weight excluding hydrogens is 206 g/mol. The van der Waals surface area contributed by atoms with Crippen LogP contribution in [0.3, 0.4) is 0 Å².